The lowest BCUT2D eigenvalue weighted by Crippen LogP contribution is -2.40. The lowest BCUT2D eigenvalue weighted by atomic mass is 10.1. The third-order valence-corrected chi connectivity index (χ3v) is 3.89. The molecule has 0 saturated carbocycles. The Bertz CT molecular complexity index is 444. The van der Waals surface area contributed by atoms with Crippen LogP contribution in [0.5, 0.6) is 5.75 Å². The minimum Gasteiger partial charge on any atom is -0.496 e. The number of ether oxygens (including phenoxy) is 2. The molecule has 2 rings (SSSR count). The van der Waals surface area contributed by atoms with Crippen LogP contribution in [0.15, 0.2) is 23.1 Å². The number of thioether (sulfide) groups is 1. The molecule has 0 aliphatic carbocycles. The molecule has 1 aromatic rings. The fourth-order valence-corrected chi connectivity index (χ4v) is 2.73. The normalized spacial score (nSPS) is 15.4. The fraction of sp³-hybridized carbons (Fsp3) is 0.500. The fourth-order valence-electron chi connectivity index (χ4n) is 2.04. The minimum absolute atomic E-state index is 0.0215. The van der Waals surface area contributed by atoms with E-state index >= 15 is 0 Å². The maximum atomic E-state index is 12.4. The van der Waals surface area contributed by atoms with Gasteiger partial charge in [-0.05, 0) is 24.0 Å². The van der Waals surface area contributed by atoms with E-state index in [9.17, 15) is 4.79 Å². The summed E-state index contributed by atoms with van der Waals surface area (Å²) < 4.78 is 10.6. The Hall–Kier alpha value is -1.20. The van der Waals surface area contributed by atoms with Crippen LogP contribution in [0.3, 0.4) is 0 Å². The molecule has 5 heteroatoms. The van der Waals surface area contributed by atoms with Crippen molar-refractivity contribution in [3.63, 3.8) is 0 Å². The third kappa shape index (κ3) is 3.42. The highest BCUT2D eigenvalue weighted by Crippen LogP contribution is 2.27. The van der Waals surface area contributed by atoms with Gasteiger partial charge in [-0.2, -0.15) is 0 Å². The molecule has 0 atom stereocenters. The number of benzene rings is 1. The number of methoxy groups -OCH3 is 1. The molecule has 1 aliphatic rings. The van der Waals surface area contributed by atoms with E-state index in [1.165, 1.54) is 0 Å². The van der Waals surface area contributed by atoms with Gasteiger partial charge >= 0.3 is 0 Å². The van der Waals surface area contributed by atoms with Crippen LogP contribution in [-0.4, -0.2) is 50.0 Å². The van der Waals surface area contributed by atoms with Gasteiger partial charge < -0.3 is 14.4 Å². The van der Waals surface area contributed by atoms with Gasteiger partial charge in [0.05, 0.1) is 25.9 Å². The first-order valence-corrected chi connectivity index (χ1v) is 7.42. The Kier molecular flexibility index (Phi) is 5.10. The third-order valence-electron chi connectivity index (χ3n) is 3.01. The summed E-state index contributed by atoms with van der Waals surface area (Å²) in [5.74, 6) is 1.67. The SMILES string of the molecule is CCSc1ccc(C(=O)N2CCOCC2)c(OC)c1. The monoisotopic (exact) mass is 281 g/mol. The van der Waals surface area contributed by atoms with Crippen molar-refractivity contribution in [2.45, 2.75) is 11.8 Å². The zero-order valence-corrected chi connectivity index (χ0v) is 12.2. The van der Waals surface area contributed by atoms with Gasteiger partial charge in [0.25, 0.3) is 5.91 Å². The molecule has 0 aromatic heterocycles. The average Bonchev–Trinajstić information content (AvgIpc) is 2.47. The second-order valence-corrected chi connectivity index (χ2v) is 5.54. The van der Waals surface area contributed by atoms with Crippen LogP contribution in [0.1, 0.15) is 17.3 Å². The topological polar surface area (TPSA) is 38.8 Å². The molecule has 0 N–H and O–H groups in total. The van der Waals surface area contributed by atoms with Crippen LogP contribution >= 0.6 is 11.8 Å². The summed E-state index contributed by atoms with van der Waals surface area (Å²) in [6.07, 6.45) is 0. The van der Waals surface area contributed by atoms with Crippen molar-refractivity contribution in [3.05, 3.63) is 23.8 Å². The quantitative estimate of drug-likeness (QED) is 0.794. The number of carbonyl (C=O) groups excluding carboxylic acids is 1. The smallest absolute Gasteiger partial charge is 0.257 e. The van der Waals surface area contributed by atoms with E-state index < -0.39 is 0 Å². The molecule has 1 fully saturated rings. The van der Waals surface area contributed by atoms with Crippen molar-refractivity contribution < 1.29 is 14.3 Å². The summed E-state index contributed by atoms with van der Waals surface area (Å²) in [6, 6.07) is 5.76. The summed E-state index contributed by atoms with van der Waals surface area (Å²) in [5, 5.41) is 0. The number of rotatable bonds is 4. The minimum atomic E-state index is 0.0215. The lowest BCUT2D eigenvalue weighted by Gasteiger charge is -2.27. The molecule has 0 radical (unpaired) electrons. The Morgan fingerprint density at radius 1 is 1.42 bits per heavy atom. The first kappa shape index (κ1) is 14.2. The summed E-state index contributed by atoms with van der Waals surface area (Å²) in [7, 11) is 1.60. The predicted molar refractivity (Wildman–Crippen MR) is 76.1 cm³/mol. The van der Waals surface area contributed by atoms with E-state index in [0.717, 1.165) is 10.6 Å². The number of hydrogen-bond donors (Lipinski definition) is 0. The standard InChI is InChI=1S/C14H19NO3S/c1-3-19-11-4-5-12(13(10-11)17-2)14(16)15-6-8-18-9-7-15/h4-5,10H,3,6-9H2,1-2H3. The van der Waals surface area contributed by atoms with Crippen molar-refractivity contribution in [3.8, 4) is 5.75 Å². The molecule has 0 unspecified atom stereocenters. The number of carbonyl (C=O) groups is 1. The van der Waals surface area contributed by atoms with Gasteiger partial charge in [0.1, 0.15) is 5.75 Å². The lowest BCUT2D eigenvalue weighted by molar-refractivity contribution is 0.0301. The van der Waals surface area contributed by atoms with Crippen molar-refractivity contribution in [1.29, 1.82) is 0 Å². The second-order valence-electron chi connectivity index (χ2n) is 4.20. The summed E-state index contributed by atoms with van der Waals surface area (Å²) in [6.45, 7) is 4.61. The Labute approximate surface area is 118 Å². The molecular weight excluding hydrogens is 262 g/mol. The van der Waals surface area contributed by atoms with Crippen LogP contribution in [0.25, 0.3) is 0 Å². The van der Waals surface area contributed by atoms with Gasteiger partial charge in [-0.25, -0.2) is 0 Å². The largest absolute Gasteiger partial charge is 0.496 e. The number of morpholine rings is 1. The van der Waals surface area contributed by atoms with Crippen LogP contribution in [-0.2, 0) is 4.74 Å². The highest BCUT2D eigenvalue weighted by Gasteiger charge is 2.21. The Morgan fingerprint density at radius 2 is 2.16 bits per heavy atom. The zero-order chi connectivity index (χ0) is 13.7. The molecule has 4 nitrogen and oxygen atoms in total. The van der Waals surface area contributed by atoms with E-state index in [1.807, 2.05) is 23.1 Å². The number of hydrogen-bond acceptors (Lipinski definition) is 4. The molecular formula is C14H19NO3S. The maximum absolute atomic E-state index is 12.4. The predicted octanol–water partition coefficient (Wildman–Crippen LogP) is 2.28. The van der Waals surface area contributed by atoms with Crippen LogP contribution in [0, 0.1) is 0 Å². The van der Waals surface area contributed by atoms with Crippen LogP contribution < -0.4 is 4.74 Å². The highest BCUT2D eigenvalue weighted by molar-refractivity contribution is 7.99. The molecule has 0 spiro atoms. The van der Waals surface area contributed by atoms with Gasteiger partial charge in [-0.15, -0.1) is 11.8 Å². The molecule has 1 aromatic carbocycles. The average molecular weight is 281 g/mol. The summed E-state index contributed by atoms with van der Waals surface area (Å²) >= 11 is 1.74. The van der Waals surface area contributed by atoms with E-state index in [-0.39, 0.29) is 5.91 Å². The van der Waals surface area contributed by atoms with Gasteiger partial charge in [-0.3, -0.25) is 4.79 Å². The van der Waals surface area contributed by atoms with Crippen molar-refractivity contribution in [2.75, 3.05) is 39.2 Å². The second kappa shape index (κ2) is 6.82. The maximum Gasteiger partial charge on any atom is 0.257 e. The summed E-state index contributed by atoms with van der Waals surface area (Å²) in [4.78, 5) is 15.4. The molecule has 1 amide bonds. The van der Waals surface area contributed by atoms with Crippen molar-refractivity contribution in [2.24, 2.45) is 0 Å². The molecule has 104 valence electrons. The number of nitrogens with zero attached hydrogens (tertiary/aromatic N) is 1. The molecule has 19 heavy (non-hydrogen) atoms. The molecule has 0 bridgehead atoms. The molecule has 1 aliphatic heterocycles. The van der Waals surface area contributed by atoms with E-state index in [1.54, 1.807) is 18.9 Å². The first-order chi connectivity index (χ1) is 9.26. The van der Waals surface area contributed by atoms with Gasteiger partial charge in [-0.1, -0.05) is 6.92 Å². The van der Waals surface area contributed by atoms with Crippen molar-refractivity contribution >= 4 is 17.7 Å². The Morgan fingerprint density at radius 3 is 2.79 bits per heavy atom. The van der Waals surface area contributed by atoms with Crippen molar-refractivity contribution in [1.82, 2.24) is 4.90 Å². The van der Waals surface area contributed by atoms with Gasteiger partial charge in [0, 0.05) is 18.0 Å². The zero-order valence-electron chi connectivity index (χ0n) is 11.3. The summed E-state index contributed by atoms with van der Waals surface area (Å²) in [5.41, 5.74) is 0.629. The van der Waals surface area contributed by atoms with Crippen LogP contribution in [0.4, 0.5) is 0 Å². The Balaban J connectivity index is 2.20. The highest BCUT2D eigenvalue weighted by atomic mass is 32.2. The molecule has 1 saturated heterocycles. The number of amides is 1. The van der Waals surface area contributed by atoms with E-state index in [0.29, 0.717) is 37.6 Å². The van der Waals surface area contributed by atoms with Crippen LogP contribution in [0.2, 0.25) is 0 Å². The van der Waals surface area contributed by atoms with Gasteiger partial charge in [0.15, 0.2) is 0 Å². The van der Waals surface area contributed by atoms with E-state index in [2.05, 4.69) is 6.92 Å². The van der Waals surface area contributed by atoms with Gasteiger partial charge in [0.2, 0.25) is 0 Å². The first-order valence-electron chi connectivity index (χ1n) is 6.44. The van der Waals surface area contributed by atoms with E-state index in [4.69, 9.17) is 9.47 Å². The molecule has 1 heterocycles.